The molecule has 0 bridgehead atoms. The molecule has 7 nitrogen and oxygen atoms in total. The van der Waals surface area contributed by atoms with Crippen LogP contribution in [0.3, 0.4) is 0 Å². The number of carbonyl (C=O) groups is 1. The van der Waals surface area contributed by atoms with Crippen molar-refractivity contribution >= 4 is 11.7 Å². The zero-order valence-corrected chi connectivity index (χ0v) is 12.4. The molecule has 1 rings (SSSR count). The smallest absolute Gasteiger partial charge is 0.507 e. The molecule has 0 radical (unpaired) electrons. The Morgan fingerprint density at radius 1 is 1.29 bits per heavy atom. The SMILES string of the molecule is COCC(O)=C(N=Nc1ccc(OC(F)(F)F)cc1F)C(=O)OC. The lowest BCUT2D eigenvalue weighted by atomic mass is 10.3. The number of esters is 1. The molecule has 0 saturated carbocycles. The van der Waals surface area contributed by atoms with Gasteiger partial charge >= 0.3 is 12.3 Å². The van der Waals surface area contributed by atoms with Gasteiger partial charge in [0.1, 0.15) is 18.0 Å². The number of azo groups is 1. The van der Waals surface area contributed by atoms with E-state index in [0.29, 0.717) is 6.07 Å². The molecule has 0 amide bonds. The highest BCUT2D eigenvalue weighted by Crippen LogP contribution is 2.28. The van der Waals surface area contributed by atoms with Gasteiger partial charge in [-0.1, -0.05) is 0 Å². The molecule has 24 heavy (non-hydrogen) atoms. The molecular weight excluding hydrogens is 340 g/mol. The monoisotopic (exact) mass is 352 g/mol. The fourth-order valence-electron chi connectivity index (χ4n) is 1.39. The first-order valence-electron chi connectivity index (χ1n) is 6.14. The molecule has 0 spiro atoms. The molecule has 11 heteroatoms. The molecule has 0 aromatic heterocycles. The number of carbonyl (C=O) groups excluding carboxylic acids is 1. The average molecular weight is 352 g/mol. The number of hydrogen-bond donors (Lipinski definition) is 1. The van der Waals surface area contributed by atoms with Gasteiger partial charge in [0.25, 0.3) is 0 Å². The number of rotatable bonds is 6. The summed E-state index contributed by atoms with van der Waals surface area (Å²) in [6.45, 7) is -0.385. The number of ether oxygens (including phenoxy) is 3. The first kappa shape index (κ1) is 19.4. The lowest BCUT2D eigenvalue weighted by Crippen LogP contribution is -2.17. The standard InChI is InChI=1S/C13H12F4N2O5/c1-22-6-10(20)11(12(21)23-2)19-18-9-4-3-7(5-8(9)14)24-13(15,16)17/h3-5,20H,6H2,1-2H3. The van der Waals surface area contributed by atoms with Crippen molar-refractivity contribution in [1.29, 1.82) is 0 Å². The van der Waals surface area contributed by atoms with Crippen LogP contribution in [0.25, 0.3) is 0 Å². The summed E-state index contributed by atoms with van der Waals surface area (Å²) in [5.74, 6) is -3.66. The van der Waals surface area contributed by atoms with Gasteiger partial charge in [-0.15, -0.1) is 23.4 Å². The van der Waals surface area contributed by atoms with Gasteiger partial charge in [0.15, 0.2) is 11.6 Å². The fourth-order valence-corrected chi connectivity index (χ4v) is 1.39. The van der Waals surface area contributed by atoms with Crippen LogP contribution in [0.1, 0.15) is 0 Å². The Hall–Kier alpha value is -2.69. The van der Waals surface area contributed by atoms with Gasteiger partial charge in [0.2, 0.25) is 5.70 Å². The highest BCUT2D eigenvalue weighted by Gasteiger charge is 2.31. The summed E-state index contributed by atoms with van der Waals surface area (Å²) < 4.78 is 62.3. The van der Waals surface area contributed by atoms with E-state index >= 15 is 0 Å². The van der Waals surface area contributed by atoms with Crippen LogP contribution in [0.2, 0.25) is 0 Å². The maximum atomic E-state index is 13.7. The third-order valence-electron chi connectivity index (χ3n) is 2.34. The molecule has 0 aliphatic rings. The second kappa shape index (κ2) is 8.24. The van der Waals surface area contributed by atoms with Crippen LogP contribution in [-0.2, 0) is 14.3 Å². The van der Waals surface area contributed by atoms with E-state index in [0.717, 1.165) is 19.2 Å². The normalized spacial score (nSPS) is 12.9. The van der Waals surface area contributed by atoms with Crippen LogP contribution in [0.5, 0.6) is 5.75 Å². The van der Waals surface area contributed by atoms with Crippen LogP contribution < -0.4 is 4.74 Å². The molecule has 1 aromatic carbocycles. The van der Waals surface area contributed by atoms with E-state index in [2.05, 4.69) is 24.4 Å². The van der Waals surface area contributed by atoms with E-state index in [1.54, 1.807) is 0 Å². The number of aliphatic hydroxyl groups excluding tert-OH is 1. The van der Waals surface area contributed by atoms with E-state index in [-0.39, 0.29) is 6.61 Å². The van der Waals surface area contributed by atoms with Crippen molar-refractivity contribution in [1.82, 2.24) is 0 Å². The number of nitrogens with zero attached hydrogens (tertiary/aromatic N) is 2. The van der Waals surface area contributed by atoms with Crippen LogP contribution in [0.4, 0.5) is 23.2 Å². The summed E-state index contributed by atoms with van der Waals surface area (Å²) in [4.78, 5) is 11.5. The quantitative estimate of drug-likeness (QED) is 0.279. The predicted octanol–water partition coefficient (Wildman–Crippen LogP) is 3.40. The Morgan fingerprint density at radius 2 is 1.96 bits per heavy atom. The number of halogens is 4. The van der Waals surface area contributed by atoms with Gasteiger partial charge < -0.3 is 19.3 Å². The summed E-state index contributed by atoms with van der Waals surface area (Å²) in [5.41, 5.74) is -1.13. The van der Waals surface area contributed by atoms with Crippen molar-refractivity contribution in [3.63, 3.8) is 0 Å². The van der Waals surface area contributed by atoms with Gasteiger partial charge in [-0.05, 0) is 12.1 Å². The Labute approximate surface area is 133 Å². The Balaban J connectivity index is 3.07. The molecule has 0 fully saturated rings. The van der Waals surface area contributed by atoms with Gasteiger partial charge in [0, 0.05) is 13.2 Å². The summed E-state index contributed by atoms with van der Waals surface area (Å²) >= 11 is 0. The van der Waals surface area contributed by atoms with Crippen molar-refractivity contribution in [2.75, 3.05) is 20.8 Å². The number of benzene rings is 1. The highest BCUT2D eigenvalue weighted by molar-refractivity contribution is 5.88. The van der Waals surface area contributed by atoms with E-state index in [4.69, 9.17) is 0 Å². The number of methoxy groups -OCH3 is 2. The van der Waals surface area contributed by atoms with Crippen LogP contribution in [0, 0.1) is 5.82 Å². The summed E-state index contributed by atoms with van der Waals surface area (Å²) in [5, 5.41) is 16.3. The van der Waals surface area contributed by atoms with Gasteiger partial charge in [0.05, 0.1) is 7.11 Å². The zero-order chi connectivity index (χ0) is 18.3. The molecule has 132 valence electrons. The first-order valence-corrected chi connectivity index (χ1v) is 6.14. The Bertz CT molecular complexity index is 658. The second-order valence-electron chi connectivity index (χ2n) is 4.08. The van der Waals surface area contributed by atoms with E-state index < -0.39 is 41.0 Å². The zero-order valence-electron chi connectivity index (χ0n) is 12.4. The van der Waals surface area contributed by atoms with Crippen LogP contribution in [-0.4, -0.2) is 38.3 Å². The third kappa shape index (κ3) is 5.83. The fraction of sp³-hybridized carbons (Fsp3) is 0.308. The minimum atomic E-state index is -4.97. The molecule has 0 unspecified atom stereocenters. The van der Waals surface area contributed by atoms with Gasteiger partial charge in [-0.2, -0.15) is 0 Å². The van der Waals surface area contributed by atoms with Crippen molar-refractivity contribution < 1.29 is 41.7 Å². The van der Waals surface area contributed by atoms with E-state index in [1.807, 2.05) is 0 Å². The first-order chi connectivity index (χ1) is 11.2. The Kier molecular flexibility index (Phi) is 6.65. The molecule has 0 aliphatic carbocycles. The van der Waals surface area contributed by atoms with Gasteiger partial charge in [-0.25, -0.2) is 9.18 Å². The maximum Gasteiger partial charge on any atom is 0.573 e. The van der Waals surface area contributed by atoms with Crippen molar-refractivity contribution in [2.24, 2.45) is 10.2 Å². The summed E-state index contributed by atoms with van der Waals surface area (Å²) in [6, 6.07) is 2.10. The van der Waals surface area contributed by atoms with Crippen molar-refractivity contribution in [3.05, 3.63) is 35.5 Å². The molecule has 0 heterocycles. The third-order valence-corrected chi connectivity index (χ3v) is 2.34. The largest absolute Gasteiger partial charge is 0.573 e. The van der Waals surface area contributed by atoms with Crippen LogP contribution in [0.15, 0.2) is 39.9 Å². The summed E-state index contributed by atoms with van der Waals surface area (Å²) in [6.07, 6.45) is -4.97. The predicted molar refractivity (Wildman–Crippen MR) is 71.1 cm³/mol. The molecule has 0 saturated heterocycles. The van der Waals surface area contributed by atoms with Gasteiger partial charge in [-0.3, -0.25) is 0 Å². The van der Waals surface area contributed by atoms with E-state index in [1.165, 1.54) is 7.11 Å². The molecule has 1 aromatic rings. The minimum Gasteiger partial charge on any atom is -0.507 e. The molecule has 0 aliphatic heterocycles. The minimum absolute atomic E-state index is 0.385. The maximum absolute atomic E-state index is 13.7. The van der Waals surface area contributed by atoms with Crippen LogP contribution >= 0.6 is 0 Å². The summed E-state index contributed by atoms with van der Waals surface area (Å²) in [7, 11) is 2.25. The molecular formula is C13H12F4N2O5. The molecule has 1 N–H and O–H groups in total. The lowest BCUT2D eigenvalue weighted by Gasteiger charge is -2.08. The molecule has 0 atom stereocenters. The van der Waals surface area contributed by atoms with E-state index in [9.17, 15) is 27.5 Å². The van der Waals surface area contributed by atoms with Crippen molar-refractivity contribution in [3.8, 4) is 5.75 Å². The number of alkyl halides is 3. The Morgan fingerprint density at radius 3 is 2.46 bits per heavy atom. The average Bonchev–Trinajstić information content (AvgIpc) is 2.47. The number of aliphatic hydroxyl groups is 1. The van der Waals surface area contributed by atoms with Crippen molar-refractivity contribution in [2.45, 2.75) is 6.36 Å². The topological polar surface area (TPSA) is 89.7 Å². The second-order valence-corrected chi connectivity index (χ2v) is 4.08. The lowest BCUT2D eigenvalue weighted by molar-refractivity contribution is -0.274. The number of hydrogen-bond acceptors (Lipinski definition) is 7. The highest BCUT2D eigenvalue weighted by atomic mass is 19.4.